The monoisotopic (exact) mass is 423 g/mol. The van der Waals surface area contributed by atoms with E-state index in [1.807, 2.05) is 67.7 Å². The number of aliphatic carboxylic acids is 1. The minimum Gasteiger partial charge on any atom is -0.550 e. The fourth-order valence-corrected chi connectivity index (χ4v) is 4.04. The summed E-state index contributed by atoms with van der Waals surface area (Å²) in [7, 11) is 0. The van der Waals surface area contributed by atoms with Gasteiger partial charge in [0.2, 0.25) is 0 Å². The lowest BCUT2D eigenvalue weighted by Crippen LogP contribution is -2.36. The van der Waals surface area contributed by atoms with E-state index in [1.54, 1.807) is 0 Å². The van der Waals surface area contributed by atoms with Crippen molar-refractivity contribution in [2.24, 2.45) is 5.92 Å². The molecular formula is C25H28ClN2O2-. The first-order chi connectivity index (χ1) is 14.5. The number of carbonyl (C=O) groups is 1. The number of unbranched alkanes of at least 4 members (excludes halogenated alkanes) is 1. The van der Waals surface area contributed by atoms with Crippen molar-refractivity contribution in [1.82, 2.24) is 9.55 Å². The smallest absolute Gasteiger partial charge is 0.109 e. The number of rotatable bonds is 10. The molecule has 0 aliphatic carbocycles. The molecule has 0 aliphatic rings. The van der Waals surface area contributed by atoms with Crippen LogP contribution < -0.4 is 5.11 Å². The van der Waals surface area contributed by atoms with Gasteiger partial charge < -0.3 is 14.5 Å². The van der Waals surface area contributed by atoms with Gasteiger partial charge >= 0.3 is 0 Å². The molecule has 0 saturated carbocycles. The van der Waals surface area contributed by atoms with Crippen LogP contribution in [0.2, 0.25) is 5.02 Å². The van der Waals surface area contributed by atoms with Crippen LogP contribution in [0.1, 0.15) is 55.3 Å². The molecule has 5 heteroatoms. The molecule has 1 heterocycles. The lowest BCUT2D eigenvalue weighted by atomic mass is 9.86. The van der Waals surface area contributed by atoms with Gasteiger partial charge in [0.05, 0.1) is 6.54 Å². The molecule has 0 fully saturated rings. The molecule has 30 heavy (non-hydrogen) atoms. The second kappa shape index (κ2) is 10.4. The Hall–Kier alpha value is -2.59. The van der Waals surface area contributed by atoms with Gasteiger partial charge in [-0.15, -0.1) is 0 Å². The number of nitrogens with zero attached hydrogens (tertiary/aromatic N) is 2. The first kappa shape index (κ1) is 22.1. The van der Waals surface area contributed by atoms with E-state index in [0.29, 0.717) is 18.0 Å². The summed E-state index contributed by atoms with van der Waals surface area (Å²) < 4.78 is 2.14. The molecule has 3 aromatic rings. The van der Waals surface area contributed by atoms with Crippen LogP contribution in [0.15, 0.2) is 60.8 Å². The number of hydrogen-bond acceptors (Lipinski definition) is 3. The van der Waals surface area contributed by atoms with Gasteiger partial charge in [0.15, 0.2) is 0 Å². The number of aromatic nitrogens is 2. The number of carbonyl (C=O) groups excluding carboxylic acids is 1. The zero-order valence-electron chi connectivity index (χ0n) is 17.6. The SMILES string of the molecule is CCCCc1ncc(C(C)C(Cc2ccccc2)C(=O)[O-])n1Cc1ccccc1Cl. The van der Waals surface area contributed by atoms with Crippen LogP contribution in [0.25, 0.3) is 0 Å². The molecule has 0 N–H and O–H groups in total. The summed E-state index contributed by atoms with van der Waals surface area (Å²) in [4.78, 5) is 16.7. The Labute approximate surface area is 183 Å². The van der Waals surface area contributed by atoms with Gasteiger partial charge in [-0.1, -0.05) is 80.4 Å². The molecule has 0 bridgehead atoms. The molecule has 0 amide bonds. The summed E-state index contributed by atoms with van der Waals surface area (Å²) in [5.41, 5.74) is 2.89. The fourth-order valence-electron chi connectivity index (χ4n) is 3.84. The van der Waals surface area contributed by atoms with Gasteiger partial charge in [0, 0.05) is 41.1 Å². The van der Waals surface area contributed by atoms with Crippen molar-refractivity contribution in [2.45, 2.75) is 52.0 Å². The number of carboxylic acids is 1. The van der Waals surface area contributed by atoms with Gasteiger partial charge in [-0.05, 0) is 30.0 Å². The Kier molecular flexibility index (Phi) is 7.69. The topological polar surface area (TPSA) is 57.9 Å². The van der Waals surface area contributed by atoms with E-state index in [1.165, 1.54) is 0 Å². The maximum atomic E-state index is 12.1. The van der Waals surface area contributed by atoms with Crippen LogP contribution in [0, 0.1) is 5.92 Å². The Morgan fingerprint density at radius 1 is 1.13 bits per heavy atom. The van der Waals surface area contributed by atoms with Gasteiger partial charge in [0.25, 0.3) is 0 Å². The van der Waals surface area contributed by atoms with Crippen LogP contribution in [0.4, 0.5) is 0 Å². The third-order valence-corrected chi connectivity index (χ3v) is 6.05. The van der Waals surface area contributed by atoms with Gasteiger partial charge in [0.1, 0.15) is 5.82 Å². The third kappa shape index (κ3) is 5.31. The maximum Gasteiger partial charge on any atom is 0.109 e. The minimum absolute atomic E-state index is 0.249. The normalized spacial score (nSPS) is 13.2. The van der Waals surface area contributed by atoms with E-state index < -0.39 is 11.9 Å². The van der Waals surface area contributed by atoms with Crippen LogP contribution >= 0.6 is 11.6 Å². The predicted molar refractivity (Wildman–Crippen MR) is 118 cm³/mol. The predicted octanol–water partition coefficient (Wildman–Crippen LogP) is 4.64. The molecule has 2 unspecified atom stereocenters. The first-order valence-electron chi connectivity index (χ1n) is 10.5. The van der Waals surface area contributed by atoms with E-state index in [-0.39, 0.29) is 5.92 Å². The molecular weight excluding hydrogens is 396 g/mol. The molecule has 1 aromatic heterocycles. The van der Waals surface area contributed by atoms with Gasteiger partial charge in [-0.3, -0.25) is 0 Å². The van der Waals surface area contributed by atoms with Crippen molar-refractivity contribution < 1.29 is 9.90 Å². The molecule has 0 radical (unpaired) electrons. The molecule has 2 atom stereocenters. The Morgan fingerprint density at radius 3 is 2.50 bits per heavy atom. The van der Waals surface area contributed by atoms with Crippen molar-refractivity contribution in [3.8, 4) is 0 Å². The summed E-state index contributed by atoms with van der Waals surface area (Å²) in [5, 5.41) is 12.8. The number of benzene rings is 2. The summed E-state index contributed by atoms with van der Waals surface area (Å²) in [6.45, 7) is 4.67. The molecule has 3 rings (SSSR count). The highest BCUT2D eigenvalue weighted by atomic mass is 35.5. The van der Waals surface area contributed by atoms with Crippen LogP contribution in [-0.2, 0) is 24.2 Å². The standard InChI is InChI=1S/C25H29ClN2O2/c1-3-4-14-24-27-16-23(28(24)17-20-12-8-9-13-22(20)26)18(2)21(25(29)30)15-19-10-6-5-7-11-19/h5-13,16,18,21H,3-4,14-15,17H2,1-2H3,(H,29,30)/p-1. The average molecular weight is 424 g/mol. The molecule has 0 aliphatic heterocycles. The average Bonchev–Trinajstić information content (AvgIpc) is 3.14. The number of imidazole rings is 1. The second-order valence-electron chi connectivity index (χ2n) is 7.78. The lowest BCUT2D eigenvalue weighted by molar-refractivity contribution is -0.312. The fraction of sp³-hybridized carbons (Fsp3) is 0.360. The minimum atomic E-state index is -1.04. The lowest BCUT2D eigenvalue weighted by Gasteiger charge is -2.27. The van der Waals surface area contributed by atoms with Gasteiger partial charge in [-0.25, -0.2) is 4.98 Å². The first-order valence-corrected chi connectivity index (χ1v) is 10.9. The van der Waals surface area contributed by atoms with E-state index in [0.717, 1.165) is 41.9 Å². The van der Waals surface area contributed by atoms with Crippen LogP contribution in [0.3, 0.4) is 0 Å². The molecule has 4 nitrogen and oxygen atoms in total. The van der Waals surface area contributed by atoms with Crippen molar-refractivity contribution in [1.29, 1.82) is 0 Å². The molecule has 158 valence electrons. The Bertz CT molecular complexity index is 968. The van der Waals surface area contributed by atoms with Crippen molar-refractivity contribution in [3.63, 3.8) is 0 Å². The quantitative estimate of drug-likeness (QED) is 0.477. The van der Waals surface area contributed by atoms with Crippen LogP contribution in [-0.4, -0.2) is 15.5 Å². The van der Waals surface area contributed by atoms with Gasteiger partial charge in [-0.2, -0.15) is 0 Å². The van der Waals surface area contributed by atoms with Crippen molar-refractivity contribution in [3.05, 3.63) is 88.5 Å². The Balaban J connectivity index is 1.95. The molecule has 0 saturated heterocycles. The number of halogens is 1. The van der Waals surface area contributed by atoms with E-state index in [2.05, 4.69) is 16.5 Å². The van der Waals surface area contributed by atoms with E-state index in [4.69, 9.17) is 11.6 Å². The zero-order chi connectivity index (χ0) is 21.5. The Morgan fingerprint density at radius 2 is 1.83 bits per heavy atom. The highest BCUT2D eigenvalue weighted by Gasteiger charge is 2.25. The molecule has 0 spiro atoms. The summed E-state index contributed by atoms with van der Waals surface area (Å²) in [6.07, 6.45) is 5.20. The summed E-state index contributed by atoms with van der Waals surface area (Å²) in [6, 6.07) is 17.4. The largest absolute Gasteiger partial charge is 0.550 e. The van der Waals surface area contributed by atoms with Crippen LogP contribution in [0.5, 0.6) is 0 Å². The second-order valence-corrected chi connectivity index (χ2v) is 8.19. The maximum absolute atomic E-state index is 12.1. The third-order valence-electron chi connectivity index (χ3n) is 5.68. The summed E-state index contributed by atoms with van der Waals surface area (Å²) in [5.74, 6) is -0.962. The van der Waals surface area contributed by atoms with Crippen molar-refractivity contribution in [2.75, 3.05) is 0 Å². The zero-order valence-corrected chi connectivity index (χ0v) is 18.3. The highest BCUT2D eigenvalue weighted by Crippen LogP contribution is 2.30. The number of aryl methyl sites for hydroxylation is 1. The number of carboxylic acid groups (broad SMARTS) is 1. The van der Waals surface area contributed by atoms with Crippen molar-refractivity contribution >= 4 is 17.6 Å². The summed E-state index contributed by atoms with van der Waals surface area (Å²) >= 11 is 6.41. The number of hydrogen-bond donors (Lipinski definition) is 0. The molecule has 2 aromatic carbocycles. The van der Waals surface area contributed by atoms with E-state index in [9.17, 15) is 9.90 Å². The highest BCUT2D eigenvalue weighted by molar-refractivity contribution is 6.31. The van der Waals surface area contributed by atoms with E-state index >= 15 is 0 Å².